The van der Waals surface area contributed by atoms with E-state index in [9.17, 15) is 19.2 Å². The van der Waals surface area contributed by atoms with Gasteiger partial charge in [0.1, 0.15) is 12.2 Å². The molecule has 0 atom stereocenters. The van der Waals surface area contributed by atoms with Crippen LogP contribution in [0.5, 0.6) is 0 Å². The fraction of sp³-hybridized carbons (Fsp3) is 0.0833. The van der Waals surface area contributed by atoms with E-state index in [1.807, 2.05) is 4.98 Å². The molecule has 2 heterocycles. The molecule has 0 unspecified atom stereocenters. The number of nitrogens with zero attached hydrogens (tertiary/aromatic N) is 2. The zero-order valence-corrected chi connectivity index (χ0v) is 10.6. The number of carbonyl (C=O) groups excluding carboxylic acids is 1. The summed E-state index contributed by atoms with van der Waals surface area (Å²) < 4.78 is 1.01. The number of aromatic carboxylic acids is 1. The first-order valence-electron chi connectivity index (χ1n) is 5.74. The summed E-state index contributed by atoms with van der Waals surface area (Å²) in [4.78, 5) is 50.4. The van der Waals surface area contributed by atoms with E-state index < -0.39 is 23.1 Å². The minimum absolute atomic E-state index is 0.214. The van der Waals surface area contributed by atoms with Gasteiger partial charge in [0.05, 0.1) is 0 Å². The number of nitrogens with one attached hydrogen (secondary N) is 2. The molecule has 0 radical (unpaired) electrons. The van der Waals surface area contributed by atoms with Gasteiger partial charge in [-0.25, -0.2) is 14.6 Å². The molecule has 3 N–H and O–H groups in total. The Morgan fingerprint density at radius 3 is 2.76 bits per heavy atom. The Balaban J connectivity index is 2.11. The van der Waals surface area contributed by atoms with E-state index >= 15 is 0 Å². The van der Waals surface area contributed by atoms with Crippen molar-refractivity contribution in [3.8, 4) is 0 Å². The molecule has 0 aliphatic rings. The van der Waals surface area contributed by atoms with Crippen LogP contribution in [0.25, 0.3) is 0 Å². The summed E-state index contributed by atoms with van der Waals surface area (Å²) in [5.74, 6) is -1.77. The van der Waals surface area contributed by atoms with E-state index in [-0.39, 0.29) is 17.9 Å². The van der Waals surface area contributed by atoms with E-state index in [2.05, 4.69) is 10.3 Å². The average molecular weight is 290 g/mol. The zero-order chi connectivity index (χ0) is 15.4. The van der Waals surface area contributed by atoms with E-state index in [1.54, 1.807) is 0 Å². The van der Waals surface area contributed by atoms with Gasteiger partial charge in [-0.15, -0.1) is 0 Å². The normalized spacial score (nSPS) is 10.1. The molecule has 2 aromatic rings. The van der Waals surface area contributed by atoms with Crippen molar-refractivity contribution in [2.75, 3.05) is 5.32 Å². The number of carbonyl (C=O) groups is 2. The summed E-state index contributed by atoms with van der Waals surface area (Å²) in [5, 5.41) is 11.2. The van der Waals surface area contributed by atoms with Gasteiger partial charge in [0.2, 0.25) is 5.91 Å². The van der Waals surface area contributed by atoms with Crippen LogP contribution in [0.2, 0.25) is 0 Å². The molecule has 0 aromatic carbocycles. The van der Waals surface area contributed by atoms with Crippen molar-refractivity contribution < 1.29 is 14.7 Å². The van der Waals surface area contributed by atoms with Crippen molar-refractivity contribution in [1.82, 2.24) is 14.5 Å². The smallest absolute Gasteiger partial charge is 0.354 e. The number of hydrogen-bond donors (Lipinski definition) is 3. The van der Waals surface area contributed by atoms with Crippen molar-refractivity contribution in [1.29, 1.82) is 0 Å². The molecule has 9 nitrogen and oxygen atoms in total. The van der Waals surface area contributed by atoms with Crippen LogP contribution < -0.4 is 16.6 Å². The number of H-pyrrole nitrogens is 1. The van der Waals surface area contributed by atoms with Gasteiger partial charge in [-0.3, -0.25) is 19.1 Å². The van der Waals surface area contributed by atoms with Gasteiger partial charge in [-0.05, 0) is 12.1 Å². The van der Waals surface area contributed by atoms with Crippen molar-refractivity contribution >= 4 is 17.6 Å². The number of anilines is 1. The summed E-state index contributed by atoms with van der Waals surface area (Å²) in [7, 11) is 0. The van der Waals surface area contributed by atoms with Crippen molar-refractivity contribution in [2.45, 2.75) is 6.54 Å². The fourth-order valence-electron chi connectivity index (χ4n) is 1.55. The fourth-order valence-corrected chi connectivity index (χ4v) is 1.55. The van der Waals surface area contributed by atoms with Crippen molar-refractivity contribution in [2.24, 2.45) is 0 Å². The maximum Gasteiger partial charge on any atom is 0.354 e. The summed E-state index contributed by atoms with van der Waals surface area (Å²) >= 11 is 0. The summed E-state index contributed by atoms with van der Waals surface area (Å²) in [6, 6.07) is 3.72. The molecule has 0 bridgehead atoms. The summed E-state index contributed by atoms with van der Waals surface area (Å²) in [5.41, 5.74) is -1.24. The van der Waals surface area contributed by atoms with Gasteiger partial charge in [-0.2, -0.15) is 0 Å². The lowest BCUT2D eigenvalue weighted by molar-refractivity contribution is -0.116. The highest BCUT2D eigenvalue weighted by Crippen LogP contribution is 2.07. The Labute approximate surface area is 116 Å². The molecule has 2 rings (SSSR count). The monoisotopic (exact) mass is 290 g/mol. The van der Waals surface area contributed by atoms with Crippen molar-refractivity contribution in [3.05, 3.63) is 57.1 Å². The van der Waals surface area contributed by atoms with Crippen LogP contribution in [-0.2, 0) is 11.3 Å². The van der Waals surface area contributed by atoms with Gasteiger partial charge >= 0.3 is 11.7 Å². The second-order valence-electron chi connectivity index (χ2n) is 4.02. The maximum absolute atomic E-state index is 11.8. The van der Waals surface area contributed by atoms with Gasteiger partial charge in [0.25, 0.3) is 5.56 Å². The standard InChI is InChI=1S/C12H10N4O5/c17-9-2-4-16(12(21)15-9)6-10(18)14-7-1-3-13-8(5-7)11(19)20/h1-5H,6H2,(H,19,20)(H,13,14,18)(H,15,17,21). The summed E-state index contributed by atoms with van der Waals surface area (Å²) in [6.45, 7) is -0.319. The highest BCUT2D eigenvalue weighted by molar-refractivity contribution is 5.92. The topological polar surface area (TPSA) is 134 Å². The third-order valence-corrected chi connectivity index (χ3v) is 2.47. The zero-order valence-electron chi connectivity index (χ0n) is 10.6. The van der Waals surface area contributed by atoms with Crippen LogP contribution in [0.3, 0.4) is 0 Å². The number of aromatic amines is 1. The lowest BCUT2D eigenvalue weighted by Crippen LogP contribution is -2.32. The molecular formula is C12H10N4O5. The molecule has 0 aliphatic heterocycles. The SMILES string of the molecule is O=C(Cn1ccc(=O)[nH]c1=O)Nc1ccnc(C(=O)O)c1. The van der Waals surface area contributed by atoms with Gasteiger partial charge in [-0.1, -0.05) is 0 Å². The second kappa shape index (κ2) is 5.82. The summed E-state index contributed by atoms with van der Waals surface area (Å²) in [6.07, 6.45) is 2.43. The number of rotatable bonds is 4. The Morgan fingerprint density at radius 1 is 1.33 bits per heavy atom. The molecule has 0 fully saturated rings. The number of carboxylic acids is 1. The van der Waals surface area contributed by atoms with E-state index in [1.165, 1.54) is 24.5 Å². The van der Waals surface area contributed by atoms with Crippen LogP contribution in [0.1, 0.15) is 10.5 Å². The minimum Gasteiger partial charge on any atom is -0.477 e. The largest absolute Gasteiger partial charge is 0.477 e. The van der Waals surface area contributed by atoms with E-state index in [4.69, 9.17) is 5.11 Å². The average Bonchev–Trinajstić information content (AvgIpc) is 2.42. The predicted octanol–water partition coefficient (Wildman–Crippen LogP) is -0.731. The van der Waals surface area contributed by atoms with Crippen LogP contribution in [0.15, 0.2) is 40.2 Å². The Kier molecular flexibility index (Phi) is 3.93. The Hall–Kier alpha value is -3.23. The van der Waals surface area contributed by atoms with E-state index in [0.29, 0.717) is 0 Å². The highest BCUT2D eigenvalue weighted by atomic mass is 16.4. The number of hydrogen-bond acceptors (Lipinski definition) is 5. The molecule has 0 saturated heterocycles. The van der Waals surface area contributed by atoms with Gasteiger partial charge in [0.15, 0.2) is 0 Å². The third kappa shape index (κ3) is 3.62. The molecule has 0 aliphatic carbocycles. The maximum atomic E-state index is 11.8. The van der Waals surface area contributed by atoms with Gasteiger partial charge in [0, 0.05) is 24.1 Å². The molecule has 108 valence electrons. The van der Waals surface area contributed by atoms with Crippen LogP contribution in [0.4, 0.5) is 5.69 Å². The minimum atomic E-state index is -1.22. The first-order valence-corrected chi connectivity index (χ1v) is 5.74. The van der Waals surface area contributed by atoms with Crippen LogP contribution in [-0.4, -0.2) is 31.5 Å². The quantitative estimate of drug-likeness (QED) is 0.679. The van der Waals surface area contributed by atoms with Crippen LogP contribution in [0, 0.1) is 0 Å². The van der Waals surface area contributed by atoms with Gasteiger partial charge < -0.3 is 10.4 Å². The molecule has 1 amide bonds. The molecule has 0 spiro atoms. The Bertz CT molecular complexity index is 808. The van der Waals surface area contributed by atoms with Crippen LogP contribution >= 0.6 is 0 Å². The molecular weight excluding hydrogens is 280 g/mol. The molecule has 0 saturated carbocycles. The first-order chi connectivity index (χ1) is 9.95. The first kappa shape index (κ1) is 14.2. The molecule has 9 heteroatoms. The number of carboxylic acid groups (broad SMARTS) is 1. The number of aromatic nitrogens is 3. The van der Waals surface area contributed by atoms with E-state index in [0.717, 1.165) is 10.6 Å². The number of pyridine rings is 1. The highest BCUT2D eigenvalue weighted by Gasteiger charge is 2.08. The third-order valence-electron chi connectivity index (χ3n) is 2.47. The Morgan fingerprint density at radius 2 is 2.10 bits per heavy atom. The molecule has 21 heavy (non-hydrogen) atoms. The molecule has 2 aromatic heterocycles. The second-order valence-corrected chi connectivity index (χ2v) is 4.02. The van der Waals surface area contributed by atoms with Crippen molar-refractivity contribution in [3.63, 3.8) is 0 Å². The lowest BCUT2D eigenvalue weighted by Gasteiger charge is -2.07. The predicted molar refractivity (Wildman–Crippen MR) is 71.1 cm³/mol. The number of amides is 1. The lowest BCUT2D eigenvalue weighted by atomic mass is 10.3.